The van der Waals surface area contributed by atoms with Crippen molar-refractivity contribution in [2.45, 2.75) is 51.0 Å². The van der Waals surface area contributed by atoms with Crippen LogP contribution < -0.4 is 0 Å². The summed E-state index contributed by atoms with van der Waals surface area (Å²) in [6.45, 7) is 2.51. The van der Waals surface area contributed by atoms with E-state index in [4.69, 9.17) is 14.2 Å². The smallest absolute Gasteiger partial charge is 0.160 e. The maximum Gasteiger partial charge on any atom is 0.160 e. The minimum atomic E-state index is -0.549. The lowest BCUT2D eigenvalue weighted by atomic mass is 9.99. The Morgan fingerprint density at radius 2 is 2.05 bits per heavy atom. The average molecular weight is 266 g/mol. The molecule has 0 amide bonds. The third kappa shape index (κ3) is 3.76. The highest BCUT2D eigenvalue weighted by Gasteiger charge is 2.37. The summed E-state index contributed by atoms with van der Waals surface area (Å²) in [5.74, 6) is 0. The van der Waals surface area contributed by atoms with Gasteiger partial charge in [-0.2, -0.15) is 0 Å². The lowest BCUT2D eigenvalue weighted by molar-refractivity contribution is -0.254. The number of rotatable bonds is 5. The fourth-order valence-corrected chi connectivity index (χ4v) is 2.37. The van der Waals surface area contributed by atoms with E-state index in [2.05, 4.69) is 0 Å². The largest absolute Gasteiger partial charge is 0.390 e. The van der Waals surface area contributed by atoms with Gasteiger partial charge in [0, 0.05) is 13.5 Å². The van der Waals surface area contributed by atoms with Crippen molar-refractivity contribution >= 4 is 0 Å². The van der Waals surface area contributed by atoms with E-state index < -0.39 is 6.10 Å². The molecule has 1 saturated heterocycles. The van der Waals surface area contributed by atoms with Gasteiger partial charge in [0.2, 0.25) is 0 Å². The minimum absolute atomic E-state index is 0.127. The van der Waals surface area contributed by atoms with E-state index in [1.54, 1.807) is 7.11 Å². The molecule has 0 saturated carbocycles. The lowest BCUT2D eigenvalue weighted by Gasteiger charge is -2.38. The molecule has 106 valence electrons. The fourth-order valence-electron chi connectivity index (χ4n) is 2.37. The Morgan fingerprint density at radius 3 is 2.68 bits per heavy atom. The first-order valence-electron chi connectivity index (χ1n) is 6.76. The molecule has 1 fully saturated rings. The van der Waals surface area contributed by atoms with Gasteiger partial charge >= 0.3 is 0 Å². The summed E-state index contributed by atoms with van der Waals surface area (Å²) in [7, 11) is 1.59. The first-order valence-corrected chi connectivity index (χ1v) is 6.76. The third-order valence-electron chi connectivity index (χ3n) is 3.46. The van der Waals surface area contributed by atoms with Crippen LogP contribution in [0.5, 0.6) is 0 Å². The van der Waals surface area contributed by atoms with Crippen molar-refractivity contribution in [3.63, 3.8) is 0 Å². The molecule has 1 aromatic carbocycles. The van der Waals surface area contributed by atoms with Gasteiger partial charge in [0.15, 0.2) is 6.29 Å². The summed E-state index contributed by atoms with van der Waals surface area (Å²) in [6.07, 6.45) is -0.0686. The average Bonchev–Trinajstić information content (AvgIpc) is 2.46. The molecule has 1 heterocycles. The molecule has 4 nitrogen and oxygen atoms in total. The van der Waals surface area contributed by atoms with Crippen LogP contribution in [0.25, 0.3) is 0 Å². The van der Waals surface area contributed by atoms with Gasteiger partial charge in [0.25, 0.3) is 0 Å². The molecule has 1 N–H and O–H groups in total. The summed E-state index contributed by atoms with van der Waals surface area (Å²) in [5.41, 5.74) is 1.10. The predicted molar refractivity (Wildman–Crippen MR) is 71.6 cm³/mol. The third-order valence-corrected chi connectivity index (χ3v) is 3.46. The van der Waals surface area contributed by atoms with Crippen LogP contribution in [0.3, 0.4) is 0 Å². The molecule has 4 atom stereocenters. The SMILES string of the molecule is CC[C@H]1O[C@H](OC)C[C@H](O)[C@@H]1OCc1ccccc1. The Kier molecular flexibility index (Phi) is 5.34. The zero-order valence-electron chi connectivity index (χ0n) is 11.5. The van der Waals surface area contributed by atoms with Crippen molar-refractivity contribution in [3.05, 3.63) is 35.9 Å². The van der Waals surface area contributed by atoms with E-state index >= 15 is 0 Å². The number of benzene rings is 1. The van der Waals surface area contributed by atoms with E-state index in [1.807, 2.05) is 37.3 Å². The van der Waals surface area contributed by atoms with Crippen LogP contribution in [0.2, 0.25) is 0 Å². The quantitative estimate of drug-likeness (QED) is 0.886. The van der Waals surface area contributed by atoms with Crippen LogP contribution in [-0.2, 0) is 20.8 Å². The van der Waals surface area contributed by atoms with E-state index in [0.717, 1.165) is 12.0 Å². The summed E-state index contributed by atoms with van der Waals surface area (Å²) in [5, 5.41) is 10.2. The van der Waals surface area contributed by atoms with Crippen molar-refractivity contribution in [3.8, 4) is 0 Å². The number of ether oxygens (including phenoxy) is 3. The second-order valence-electron chi connectivity index (χ2n) is 4.81. The molecule has 0 bridgehead atoms. The van der Waals surface area contributed by atoms with Crippen LogP contribution in [0.4, 0.5) is 0 Å². The molecule has 0 aliphatic carbocycles. The van der Waals surface area contributed by atoms with Crippen molar-refractivity contribution in [1.82, 2.24) is 0 Å². The maximum absolute atomic E-state index is 10.2. The maximum atomic E-state index is 10.2. The summed E-state index contributed by atoms with van der Waals surface area (Å²) >= 11 is 0. The van der Waals surface area contributed by atoms with E-state index in [0.29, 0.717) is 13.0 Å². The number of aliphatic hydroxyl groups is 1. The molecule has 2 rings (SSSR count). The second-order valence-corrected chi connectivity index (χ2v) is 4.81. The molecular formula is C15H22O4. The van der Waals surface area contributed by atoms with Crippen LogP contribution >= 0.6 is 0 Å². The molecule has 19 heavy (non-hydrogen) atoms. The summed E-state index contributed by atoms with van der Waals surface area (Å²) in [4.78, 5) is 0. The number of hydrogen-bond donors (Lipinski definition) is 1. The van der Waals surface area contributed by atoms with Gasteiger partial charge < -0.3 is 19.3 Å². The van der Waals surface area contributed by atoms with Gasteiger partial charge in [-0.15, -0.1) is 0 Å². The predicted octanol–water partition coefficient (Wildman–Crippen LogP) is 2.10. The highest BCUT2D eigenvalue weighted by molar-refractivity contribution is 5.13. The molecule has 1 aliphatic rings. The standard InChI is InChI=1S/C15H22O4/c1-3-13-15(12(16)9-14(17-2)19-13)18-10-11-7-5-4-6-8-11/h4-8,12-16H,3,9-10H2,1-2H3/t12-,13+,14-,15-/m0/s1. The molecule has 1 aromatic rings. The van der Waals surface area contributed by atoms with Crippen LogP contribution in [0.1, 0.15) is 25.3 Å². The zero-order chi connectivity index (χ0) is 13.7. The molecule has 1 aliphatic heterocycles. The summed E-state index contributed by atoms with van der Waals surface area (Å²) < 4.78 is 16.8. The van der Waals surface area contributed by atoms with E-state index in [9.17, 15) is 5.11 Å². The molecule has 0 radical (unpaired) electrons. The second kappa shape index (κ2) is 7.01. The van der Waals surface area contributed by atoms with E-state index in [1.165, 1.54) is 0 Å². The van der Waals surface area contributed by atoms with Gasteiger partial charge in [0.1, 0.15) is 6.10 Å². The number of methoxy groups -OCH3 is 1. The Balaban J connectivity index is 1.94. The summed E-state index contributed by atoms with van der Waals surface area (Å²) in [6, 6.07) is 9.94. The Morgan fingerprint density at radius 1 is 1.32 bits per heavy atom. The highest BCUT2D eigenvalue weighted by Crippen LogP contribution is 2.26. The molecule has 0 spiro atoms. The van der Waals surface area contributed by atoms with Crippen LogP contribution in [0, 0.1) is 0 Å². The molecule has 4 heteroatoms. The first-order chi connectivity index (χ1) is 9.24. The van der Waals surface area contributed by atoms with Crippen molar-refractivity contribution < 1.29 is 19.3 Å². The van der Waals surface area contributed by atoms with Gasteiger partial charge in [0.05, 0.1) is 18.8 Å². The van der Waals surface area contributed by atoms with Crippen LogP contribution in [-0.4, -0.2) is 36.8 Å². The van der Waals surface area contributed by atoms with Gasteiger partial charge in [-0.3, -0.25) is 0 Å². The highest BCUT2D eigenvalue weighted by atomic mass is 16.7. The molecule has 0 aromatic heterocycles. The zero-order valence-corrected chi connectivity index (χ0v) is 11.5. The monoisotopic (exact) mass is 266 g/mol. The fraction of sp³-hybridized carbons (Fsp3) is 0.600. The molecular weight excluding hydrogens is 244 g/mol. The van der Waals surface area contributed by atoms with Gasteiger partial charge in [-0.1, -0.05) is 37.3 Å². The van der Waals surface area contributed by atoms with Crippen molar-refractivity contribution in [2.24, 2.45) is 0 Å². The minimum Gasteiger partial charge on any atom is -0.390 e. The Labute approximate surface area is 114 Å². The van der Waals surface area contributed by atoms with Crippen molar-refractivity contribution in [2.75, 3.05) is 7.11 Å². The van der Waals surface area contributed by atoms with Crippen molar-refractivity contribution in [1.29, 1.82) is 0 Å². The number of aliphatic hydroxyl groups excluding tert-OH is 1. The number of hydrogen-bond acceptors (Lipinski definition) is 4. The topological polar surface area (TPSA) is 47.9 Å². The Bertz CT molecular complexity index is 368. The molecule has 0 unspecified atom stereocenters. The van der Waals surface area contributed by atoms with E-state index in [-0.39, 0.29) is 18.5 Å². The Hall–Kier alpha value is -0.940. The normalized spacial score (nSPS) is 31.3. The van der Waals surface area contributed by atoms with Gasteiger partial charge in [-0.05, 0) is 12.0 Å². The van der Waals surface area contributed by atoms with Crippen LogP contribution in [0.15, 0.2) is 30.3 Å². The lowest BCUT2D eigenvalue weighted by Crippen LogP contribution is -2.49. The first kappa shape index (κ1) is 14.5. The van der Waals surface area contributed by atoms with Gasteiger partial charge in [-0.25, -0.2) is 0 Å².